The zero-order chi connectivity index (χ0) is 30.7. The molecule has 44 heavy (non-hydrogen) atoms. The van der Waals surface area contributed by atoms with Crippen LogP contribution in [0.25, 0.3) is 0 Å². The number of nitrogens with zero attached hydrogens (tertiary/aromatic N) is 7. The first-order chi connectivity index (χ1) is 20.5. The molecule has 5 rings (SSSR count). The van der Waals surface area contributed by atoms with Gasteiger partial charge in [0.05, 0.1) is 30.2 Å². The summed E-state index contributed by atoms with van der Waals surface area (Å²) in [6.07, 6.45) is 1.54. The van der Waals surface area contributed by atoms with E-state index in [0.717, 1.165) is 68.6 Å². The van der Waals surface area contributed by atoms with Crippen molar-refractivity contribution in [1.29, 1.82) is 5.26 Å². The number of fused-ring (bicyclic) bond motifs is 1. The zero-order valence-corrected chi connectivity index (χ0v) is 25.7. The number of carboxylic acid groups (broad SMARTS) is 1. The minimum atomic E-state index is -4.59. The van der Waals surface area contributed by atoms with Gasteiger partial charge in [0.25, 0.3) is 5.95 Å². The fraction of sp³-hybridized carbons (Fsp3) is 0.516. The zero-order valence-electron chi connectivity index (χ0n) is 24.8. The van der Waals surface area contributed by atoms with E-state index in [2.05, 4.69) is 39.4 Å². The Hall–Kier alpha value is -3.85. The van der Waals surface area contributed by atoms with Crippen molar-refractivity contribution in [2.24, 2.45) is 18.9 Å². The normalized spacial score (nSPS) is 17.8. The van der Waals surface area contributed by atoms with Crippen LogP contribution < -0.4 is 9.80 Å². The Kier molecular flexibility index (Phi) is 10.4. The Bertz CT molecular complexity index is 1510. The van der Waals surface area contributed by atoms with E-state index in [1.54, 1.807) is 11.9 Å². The lowest BCUT2D eigenvalue weighted by Crippen LogP contribution is -2.34. The number of aryl methyl sites for hydroxylation is 3. The maximum absolute atomic E-state index is 13.7. The van der Waals surface area contributed by atoms with Gasteiger partial charge in [0.1, 0.15) is 0 Å². The molecule has 1 fully saturated rings. The maximum atomic E-state index is 13.7. The van der Waals surface area contributed by atoms with Crippen molar-refractivity contribution >= 4 is 30.0 Å². The average Bonchev–Trinajstić information content (AvgIpc) is 3.63. The fourth-order valence-corrected chi connectivity index (χ4v) is 6.42. The summed E-state index contributed by atoms with van der Waals surface area (Å²) in [6, 6.07) is 9.70. The lowest BCUT2D eigenvalue weighted by molar-refractivity contribution is -0.143. The summed E-state index contributed by atoms with van der Waals surface area (Å²) in [5.74, 6) is -0.330. The number of tetrazole rings is 1. The number of carbonyl (C=O) groups is 1. The number of anilines is 2. The van der Waals surface area contributed by atoms with E-state index in [-0.39, 0.29) is 36.4 Å². The van der Waals surface area contributed by atoms with Crippen LogP contribution in [0.4, 0.5) is 24.8 Å². The number of rotatable bonds is 10. The number of carboxylic acids is 1. The first-order valence-electron chi connectivity index (χ1n) is 14.8. The van der Waals surface area contributed by atoms with Gasteiger partial charge in [-0.2, -0.15) is 23.2 Å². The number of aliphatic carboxylic acids is 1. The SMILES string of the molecule is CCN(CC1CCC(C(=O)O)CC1)c1cc2c(cc1CN(Cc1cc(C#N)cc(C(F)(F)F)c1)c1nnn(C)n1)CCC2.Cl. The highest BCUT2D eigenvalue weighted by Gasteiger charge is 2.32. The van der Waals surface area contributed by atoms with E-state index in [0.29, 0.717) is 30.9 Å². The molecule has 0 amide bonds. The van der Waals surface area contributed by atoms with Crippen molar-refractivity contribution in [2.45, 2.75) is 71.1 Å². The Morgan fingerprint density at radius 1 is 1.07 bits per heavy atom. The van der Waals surface area contributed by atoms with Crippen LogP contribution in [0.3, 0.4) is 0 Å². The largest absolute Gasteiger partial charge is 0.481 e. The van der Waals surface area contributed by atoms with Gasteiger partial charge in [0.15, 0.2) is 0 Å². The number of nitriles is 1. The average molecular weight is 632 g/mol. The number of benzene rings is 2. The summed E-state index contributed by atoms with van der Waals surface area (Å²) in [5, 5.41) is 31.4. The van der Waals surface area contributed by atoms with Gasteiger partial charge in [0.2, 0.25) is 0 Å². The number of aromatic nitrogens is 4. The van der Waals surface area contributed by atoms with Gasteiger partial charge in [0, 0.05) is 31.9 Å². The highest BCUT2D eigenvalue weighted by atomic mass is 35.5. The van der Waals surface area contributed by atoms with Crippen molar-refractivity contribution in [1.82, 2.24) is 20.2 Å². The van der Waals surface area contributed by atoms with Crippen LogP contribution in [0.15, 0.2) is 30.3 Å². The van der Waals surface area contributed by atoms with E-state index in [4.69, 9.17) is 0 Å². The molecule has 0 radical (unpaired) electrons. The quantitative estimate of drug-likeness (QED) is 0.293. The topological polar surface area (TPSA) is 111 Å². The summed E-state index contributed by atoms with van der Waals surface area (Å²) in [6.45, 7) is 4.04. The minimum Gasteiger partial charge on any atom is -0.481 e. The highest BCUT2D eigenvalue weighted by Crippen LogP contribution is 2.36. The third-order valence-electron chi connectivity index (χ3n) is 8.65. The van der Waals surface area contributed by atoms with E-state index in [9.17, 15) is 28.3 Å². The van der Waals surface area contributed by atoms with Crippen LogP contribution in [0.2, 0.25) is 0 Å². The molecule has 0 atom stereocenters. The molecule has 0 unspecified atom stereocenters. The van der Waals surface area contributed by atoms with Crippen molar-refractivity contribution in [2.75, 3.05) is 22.9 Å². The molecular weight excluding hydrogens is 595 g/mol. The summed E-state index contributed by atoms with van der Waals surface area (Å²) in [4.78, 5) is 16.9. The molecule has 1 saturated carbocycles. The van der Waals surface area contributed by atoms with Gasteiger partial charge in [-0.15, -0.1) is 17.5 Å². The molecule has 1 aromatic heterocycles. The minimum absolute atomic E-state index is 0. The van der Waals surface area contributed by atoms with E-state index < -0.39 is 17.7 Å². The Labute approximate surface area is 261 Å². The van der Waals surface area contributed by atoms with Gasteiger partial charge in [-0.3, -0.25) is 4.79 Å². The molecule has 3 aromatic rings. The fourth-order valence-electron chi connectivity index (χ4n) is 6.42. The van der Waals surface area contributed by atoms with Crippen LogP contribution in [0, 0.1) is 23.2 Å². The molecule has 0 saturated heterocycles. The predicted octanol–water partition coefficient (Wildman–Crippen LogP) is 5.94. The first-order valence-corrected chi connectivity index (χ1v) is 14.8. The molecule has 2 aliphatic carbocycles. The van der Waals surface area contributed by atoms with Crippen LogP contribution in [0.1, 0.15) is 72.4 Å². The van der Waals surface area contributed by atoms with Crippen LogP contribution in [-0.2, 0) is 43.9 Å². The summed E-state index contributed by atoms with van der Waals surface area (Å²) < 4.78 is 41.0. The van der Waals surface area contributed by atoms with Crippen molar-refractivity contribution < 1.29 is 23.1 Å². The molecule has 0 bridgehead atoms. The first kappa shape index (κ1) is 33.1. The van der Waals surface area contributed by atoms with Gasteiger partial charge in [-0.25, -0.2) is 0 Å². The van der Waals surface area contributed by atoms with Crippen molar-refractivity contribution in [3.05, 3.63) is 63.7 Å². The number of halogens is 4. The second kappa shape index (κ2) is 13.8. The van der Waals surface area contributed by atoms with Crippen molar-refractivity contribution in [3.8, 4) is 6.07 Å². The lowest BCUT2D eigenvalue weighted by Gasteiger charge is -2.34. The smallest absolute Gasteiger partial charge is 0.416 e. The van der Waals surface area contributed by atoms with Gasteiger partial charge in [-0.05, 0) is 110 Å². The van der Waals surface area contributed by atoms with Crippen LogP contribution >= 0.6 is 12.4 Å². The summed E-state index contributed by atoms with van der Waals surface area (Å²) in [5.41, 5.74) is 4.05. The number of hydrogen-bond donors (Lipinski definition) is 1. The molecule has 2 aromatic carbocycles. The standard InChI is InChI=1S/C31H36F3N7O2.ClH/c1-3-40(17-20-7-9-23(10-8-20)29(42)43)28-15-25-6-4-5-24(25)14-26(28)19-41(30-36-38-39(2)37-30)18-22-11-21(16-35)12-27(13-22)31(32,33)34;/h11-15,20,23H,3-10,17-19H2,1-2H3,(H,42,43);1H. The molecule has 1 N–H and O–H groups in total. The molecule has 1 heterocycles. The van der Waals surface area contributed by atoms with Crippen LogP contribution in [-0.4, -0.2) is 44.4 Å². The molecule has 13 heteroatoms. The molecule has 2 aliphatic rings. The lowest BCUT2D eigenvalue weighted by atomic mass is 9.81. The Morgan fingerprint density at radius 2 is 1.77 bits per heavy atom. The van der Waals surface area contributed by atoms with Gasteiger partial charge < -0.3 is 14.9 Å². The third kappa shape index (κ3) is 7.62. The van der Waals surface area contributed by atoms with E-state index in [1.165, 1.54) is 22.0 Å². The highest BCUT2D eigenvalue weighted by molar-refractivity contribution is 5.85. The molecular formula is C31H37ClF3N7O2. The molecule has 0 spiro atoms. The second-order valence-electron chi connectivity index (χ2n) is 11.7. The van der Waals surface area contributed by atoms with E-state index >= 15 is 0 Å². The number of hydrogen-bond acceptors (Lipinski definition) is 7. The molecule has 0 aliphatic heterocycles. The predicted molar refractivity (Wildman–Crippen MR) is 162 cm³/mol. The maximum Gasteiger partial charge on any atom is 0.416 e. The molecule has 236 valence electrons. The van der Waals surface area contributed by atoms with Gasteiger partial charge in [-0.1, -0.05) is 11.2 Å². The Balaban J connectivity index is 0.00000442. The van der Waals surface area contributed by atoms with E-state index in [1.807, 2.05) is 6.07 Å². The van der Waals surface area contributed by atoms with Crippen LogP contribution in [0.5, 0.6) is 0 Å². The van der Waals surface area contributed by atoms with Crippen molar-refractivity contribution in [3.63, 3.8) is 0 Å². The number of alkyl halides is 3. The second-order valence-corrected chi connectivity index (χ2v) is 11.7. The summed E-state index contributed by atoms with van der Waals surface area (Å²) >= 11 is 0. The summed E-state index contributed by atoms with van der Waals surface area (Å²) in [7, 11) is 1.63. The monoisotopic (exact) mass is 631 g/mol. The Morgan fingerprint density at radius 3 is 2.36 bits per heavy atom. The third-order valence-corrected chi connectivity index (χ3v) is 8.65. The molecule has 9 nitrogen and oxygen atoms in total. The van der Waals surface area contributed by atoms with Gasteiger partial charge >= 0.3 is 12.1 Å².